The van der Waals surface area contributed by atoms with Crippen LogP contribution in [-0.4, -0.2) is 18.0 Å². The van der Waals surface area contributed by atoms with Gasteiger partial charge in [0, 0.05) is 16.7 Å². The lowest BCUT2D eigenvalue weighted by Crippen LogP contribution is -2.13. The molecular weight excluding hydrogens is 528 g/mol. The fraction of sp³-hybridized carbons (Fsp3) is 0.625. The van der Waals surface area contributed by atoms with Gasteiger partial charge in [0.05, 0.1) is 7.11 Å². The summed E-state index contributed by atoms with van der Waals surface area (Å²) in [6, 6.07) is 8.22. The molecule has 3 nitrogen and oxygen atoms in total. The van der Waals surface area contributed by atoms with Crippen molar-refractivity contribution in [3.63, 3.8) is 0 Å². The lowest BCUT2D eigenvalue weighted by Gasteiger charge is -2.27. The second-order valence-electron chi connectivity index (χ2n) is 12.5. The van der Waals surface area contributed by atoms with Gasteiger partial charge in [0.2, 0.25) is 0 Å². The highest BCUT2D eigenvalue weighted by Gasteiger charge is 2.27. The Hall–Kier alpha value is -2.55. The van der Waals surface area contributed by atoms with E-state index >= 15 is 0 Å². The van der Waals surface area contributed by atoms with Crippen molar-refractivity contribution in [1.82, 2.24) is 0 Å². The van der Waals surface area contributed by atoms with E-state index < -0.39 is 0 Å². The van der Waals surface area contributed by atoms with Crippen LogP contribution in [0.3, 0.4) is 0 Å². The van der Waals surface area contributed by atoms with Crippen molar-refractivity contribution in [2.45, 2.75) is 156 Å². The molecule has 0 aliphatic carbocycles. The zero-order chi connectivity index (χ0) is 31.9. The van der Waals surface area contributed by atoms with E-state index in [0.717, 1.165) is 105 Å². The Balaban J connectivity index is 2.80. The molecule has 0 amide bonds. The SMILES string of the molecule is CCCC(CC)c1cc(/C=C/C(=O)c2ccc(O)c(C(CC)CCC)c2C(CC)CCC)c(C(CC)CCC)c(OC)c1. The standard InChI is InChI=1S/C40H62O3/c1-10-18-28(14-5)33-26-32(38(37(27-33)43-9)29(15-6)19-11-2)22-24-35(41)34-23-25-36(42)40(31(17-8)21-13-4)39(34)30(16-7)20-12-3/h22-31,42H,10-21H2,1-9H3/b24-22+. The third kappa shape index (κ3) is 9.22. The number of allylic oxidation sites excluding steroid dienone is 1. The smallest absolute Gasteiger partial charge is 0.186 e. The number of phenolic OH excluding ortho intramolecular Hbond substituents is 1. The van der Waals surface area contributed by atoms with Crippen LogP contribution in [-0.2, 0) is 0 Å². The summed E-state index contributed by atoms with van der Waals surface area (Å²) >= 11 is 0. The Morgan fingerprint density at radius 1 is 0.698 bits per heavy atom. The molecule has 4 atom stereocenters. The van der Waals surface area contributed by atoms with Crippen LogP contribution in [0.15, 0.2) is 30.3 Å². The Morgan fingerprint density at radius 3 is 1.67 bits per heavy atom. The van der Waals surface area contributed by atoms with Crippen LogP contribution in [0.4, 0.5) is 0 Å². The molecule has 0 radical (unpaired) electrons. The first kappa shape index (κ1) is 36.6. The van der Waals surface area contributed by atoms with Crippen molar-refractivity contribution in [3.05, 3.63) is 63.7 Å². The topological polar surface area (TPSA) is 46.5 Å². The second kappa shape index (κ2) is 19.0. The monoisotopic (exact) mass is 590 g/mol. The number of ketones is 1. The van der Waals surface area contributed by atoms with Gasteiger partial charge < -0.3 is 9.84 Å². The third-order valence-electron chi connectivity index (χ3n) is 9.58. The molecule has 0 saturated heterocycles. The van der Waals surface area contributed by atoms with E-state index in [1.54, 1.807) is 19.3 Å². The van der Waals surface area contributed by atoms with Gasteiger partial charge >= 0.3 is 0 Å². The number of carbonyl (C=O) groups is 1. The molecule has 0 spiro atoms. The van der Waals surface area contributed by atoms with Gasteiger partial charge in [0.25, 0.3) is 0 Å². The van der Waals surface area contributed by atoms with Crippen LogP contribution in [0.2, 0.25) is 0 Å². The number of benzene rings is 2. The number of ether oxygens (including phenoxy) is 1. The molecule has 0 aliphatic rings. The molecule has 4 unspecified atom stereocenters. The van der Waals surface area contributed by atoms with Crippen molar-refractivity contribution in [1.29, 1.82) is 0 Å². The lowest BCUT2D eigenvalue weighted by molar-refractivity contribution is 0.104. The van der Waals surface area contributed by atoms with Gasteiger partial charge in [-0.15, -0.1) is 0 Å². The molecule has 2 aromatic rings. The van der Waals surface area contributed by atoms with Crippen LogP contribution in [0, 0.1) is 0 Å². The quantitative estimate of drug-likeness (QED) is 0.123. The Bertz CT molecular complexity index is 1160. The van der Waals surface area contributed by atoms with E-state index in [0.29, 0.717) is 17.6 Å². The van der Waals surface area contributed by atoms with E-state index in [-0.39, 0.29) is 17.6 Å². The molecular formula is C40H62O3. The van der Waals surface area contributed by atoms with Crippen LogP contribution in [0.25, 0.3) is 6.08 Å². The molecule has 43 heavy (non-hydrogen) atoms. The molecule has 0 heterocycles. The van der Waals surface area contributed by atoms with E-state index in [1.807, 2.05) is 6.07 Å². The molecule has 240 valence electrons. The largest absolute Gasteiger partial charge is 0.508 e. The van der Waals surface area contributed by atoms with E-state index in [9.17, 15) is 9.90 Å². The summed E-state index contributed by atoms with van der Waals surface area (Å²) in [5, 5.41) is 11.2. The molecule has 3 heteroatoms. The maximum atomic E-state index is 14.2. The fourth-order valence-electron chi connectivity index (χ4n) is 7.27. The zero-order valence-electron chi connectivity index (χ0n) is 29.0. The zero-order valence-corrected chi connectivity index (χ0v) is 29.0. The predicted octanol–water partition coefficient (Wildman–Crippen LogP) is 12.5. The second-order valence-corrected chi connectivity index (χ2v) is 12.5. The van der Waals surface area contributed by atoms with Gasteiger partial charge in [-0.3, -0.25) is 4.79 Å². The molecule has 0 saturated carbocycles. The summed E-state index contributed by atoms with van der Waals surface area (Å²) in [5.41, 5.74) is 6.47. The summed E-state index contributed by atoms with van der Waals surface area (Å²) in [6.07, 6.45) is 16.4. The summed E-state index contributed by atoms with van der Waals surface area (Å²) < 4.78 is 6.06. The Labute approximate surface area is 264 Å². The van der Waals surface area contributed by atoms with Gasteiger partial charge in [0.15, 0.2) is 5.78 Å². The van der Waals surface area contributed by atoms with Crippen molar-refractivity contribution in [2.75, 3.05) is 7.11 Å². The van der Waals surface area contributed by atoms with Crippen LogP contribution in [0.5, 0.6) is 11.5 Å². The number of methoxy groups -OCH3 is 1. The van der Waals surface area contributed by atoms with E-state index in [4.69, 9.17) is 4.74 Å². The highest BCUT2D eigenvalue weighted by molar-refractivity contribution is 6.08. The van der Waals surface area contributed by atoms with Gasteiger partial charge in [0.1, 0.15) is 11.5 Å². The van der Waals surface area contributed by atoms with Gasteiger partial charge in [-0.1, -0.05) is 93.2 Å². The maximum absolute atomic E-state index is 14.2. The van der Waals surface area contributed by atoms with Crippen molar-refractivity contribution >= 4 is 11.9 Å². The van der Waals surface area contributed by atoms with Crippen LogP contribution >= 0.6 is 0 Å². The predicted molar refractivity (Wildman–Crippen MR) is 186 cm³/mol. The van der Waals surface area contributed by atoms with Crippen molar-refractivity contribution in [2.24, 2.45) is 0 Å². The maximum Gasteiger partial charge on any atom is 0.186 e. The molecule has 2 aromatic carbocycles. The number of rotatable bonds is 20. The average molecular weight is 591 g/mol. The minimum atomic E-state index is 0.0246. The van der Waals surface area contributed by atoms with Gasteiger partial charge in [-0.25, -0.2) is 0 Å². The molecule has 0 aliphatic heterocycles. The normalized spacial score (nSPS) is 14.5. The van der Waals surface area contributed by atoms with Gasteiger partial charge in [-0.2, -0.15) is 0 Å². The van der Waals surface area contributed by atoms with Crippen molar-refractivity contribution < 1.29 is 14.6 Å². The number of phenols is 1. The average Bonchev–Trinajstić information content (AvgIpc) is 3.02. The summed E-state index contributed by atoms with van der Waals surface area (Å²) in [5.74, 6) is 2.66. The molecule has 0 bridgehead atoms. The number of carbonyl (C=O) groups excluding carboxylic acids is 1. The Kier molecular flexibility index (Phi) is 16.2. The minimum absolute atomic E-state index is 0.0246. The first-order valence-corrected chi connectivity index (χ1v) is 17.6. The van der Waals surface area contributed by atoms with Crippen LogP contribution in [0.1, 0.15) is 194 Å². The highest BCUT2D eigenvalue weighted by atomic mass is 16.5. The molecule has 1 N–H and O–H groups in total. The highest BCUT2D eigenvalue weighted by Crippen LogP contribution is 2.43. The molecule has 0 fully saturated rings. The molecule has 0 aromatic heterocycles. The van der Waals surface area contributed by atoms with Crippen molar-refractivity contribution in [3.8, 4) is 11.5 Å². The number of aromatic hydroxyl groups is 1. The first-order valence-electron chi connectivity index (χ1n) is 17.6. The van der Waals surface area contributed by atoms with Gasteiger partial charge in [-0.05, 0) is 116 Å². The lowest BCUT2D eigenvalue weighted by atomic mass is 9.77. The van der Waals surface area contributed by atoms with Crippen LogP contribution < -0.4 is 4.74 Å². The minimum Gasteiger partial charge on any atom is -0.508 e. The van der Waals surface area contributed by atoms with E-state index in [2.05, 4.69) is 73.6 Å². The summed E-state index contributed by atoms with van der Waals surface area (Å²) in [7, 11) is 1.78. The summed E-state index contributed by atoms with van der Waals surface area (Å²) in [6.45, 7) is 17.8. The Morgan fingerprint density at radius 2 is 1.19 bits per heavy atom. The fourth-order valence-corrected chi connectivity index (χ4v) is 7.27. The number of hydrogen-bond acceptors (Lipinski definition) is 3. The third-order valence-corrected chi connectivity index (χ3v) is 9.58. The molecule has 2 rings (SSSR count). The number of hydrogen-bond donors (Lipinski definition) is 1. The summed E-state index contributed by atoms with van der Waals surface area (Å²) in [4.78, 5) is 14.2. The first-order chi connectivity index (χ1) is 20.8. The van der Waals surface area contributed by atoms with E-state index in [1.165, 1.54) is 11.1 Å².